The van der Waals surface area contributed by atoms with E-state index in [0.29, 0.717) is 17.2 Å². The van der Waals surface area contributed by atoms with Crippen LogP contribution in [0.5, 0.6) is 17.2 Å². The van der Waals surface area contributed by atoms with E-state index in [1.807, 2.05) is 12.1 Å². The number of hydrogen-bond donors (Lipinski definition) is 1. The van der Waals surface area contributed by atoms with Gasteiger partial charge in [-0.3, -0.25) is 14.8 Å². The van der Waals surface area contributed by atoms with E-state index in [2.05, 4.69) is 26.9 Å². The fraction of sp³-hybridized carbons (Fsp3) is 0.696. The molecule has 3 rings (SSSR count). The Morgan fingerprint density at radius 2 is 1.59 bits per heavy atom. The van der Waals surface area contributed by atoms with E-state index in [4.69, 9.17) is 23.9 Å². The third-order valence-electron chi connectivity index (χ3n) is 5.92. The number of hydrogen-bond acceptors (Lipinski definition) is 7. The van der Waals surface area contributed by atoms with Gasteiger partial charge in [0.25, 0.3) is 0 Å². The SMILES string of the molecule is CCNC(=NCCN1CCOCC1)N1CCN(Cc2cc(OC)c(OC)c(OC)c2)CC1. The molecule has 32 heavy (non-hydrogen) atoms. The Morgan fingerprint density at radius 1 is 0.938 bits per heavy atom. The highest BCUT2D eigenvalue weighted by Crippen LogP contribution is 2.38. The van der Waals surface area contributed by atoms with Gasteiger partial charge in [-0.2, -0.15) is 0 Å². The molecular formula is C23H39N5O4. The number of piperazine rings is 1. The number of nitrogens with one attached hydrogen (secondary N) is 1. The highest BCUT2D eigenvalue weighted by atomic mass is 16.5. The molecule has 2 aliphatic rings. The number of morpholine rings is 1. The molecule has 9 nitrogen and oxygen atoms in total. The van der Waals surface area contributed by atoms with Crippen molar-refractivity contribution in [3.05, 3.63) is 17.7 Å². The molecular weight excluding hydrogens is 410 g/mol. The van der Waals surface area contributed by atoms with Crippen LogP contribution in [0.1, 0.15) is 12.5 Å². The standard InChI is InChI=1S/C23H39N5O4/c1-5-24-23(25-6-7-26-12-14-32-15-13-26)28-10-8-27(9-11-28)18-19-16-20(29-2)22(31-4)21(17-19)30-3/h16-17H,5-15,18H2,1-4H3,(H,24,25). The first kappa shape index (κ1) is 24.4. The van der Waals surface area contributed by atoms with Gasteiger partial charge in [0.05, 0.1) is 41.1 Å². The van der Waals surface area contributed by atoms with E-state index in [9.17, 15) is 0 Å². The Bertz CT molecular complexity index is 706. The van der Waals surface area contributed by atoms with Crippen LogP contribution in [0.2, 0.25) is 0 Å². The summed E-state index contributed by atoms with van der Waals surface area (Å²) in [7, 11) is 4.94. The van der Waals surface area contributed by atoms with Crippen molar-refractivity contribution in [2.24, 2.45) is 4.99 Å². The number of rotatable bonds is 9. The van der Waals surface area contributed by atoms with Gasteiger partial charge in [0.15, 0.2) is 17.5 Å². The fourth-order valence-corrected chi connectivity index (χ4v) is 4.15. The van der Waals surface area contributed by atoms with Crippen molar-refractivity contribution in [2.75, 3.05) is 93.4 Å². The van der Waals surface area contributed by atoms with Gasteiger partial charge in [-0.05, 0) is 24.6 Å². The van der Waals surface area contributed by atoms with Crippen LogP contribution in [0.4, 0.5) is 0 Å². The summed E-state index contributed by atoms with van der Waals surface area (Å²) in [5.74, 6) is 3.05. The average molecular weight is 450 g/mol. The molecule has 1 aromatic rings. The second-order valence-corrected chi connectivity index (χ2v) is 7.99. The van der Waals surface area contributed by atoms with Crippen LogP contribution >= 0.6 is 0 Å². The van der Waals surface area contributed by atoms with Gasteiger partial charge < -0.3 is 29.2 Å². The Labute approximate surface area is 192 Å². The molecule has 0 spiro atoms. The van der Waals surface area contributed by atoms with Crippen molar-refractivity contribution in [2.45, 2.75) is 13.5 Å². The maximum Gasteiger partial charge on any atom is 0.203 e. The van der Waals surface area contributed by atoms with E-state index in [0.717, 1.165) is 90.2 Å². The number of guanidine groups is 1. The molecule has 180 valence electrons. The second kappa shape index (κ2) is 12.7. The van der Waals surface area contributed by atoms with Crippen molar-refractivity contribution < 1.29 is 18.9 Å². The number of aliphatic imine (C=N–C) groups is 1. The first-order valence-corrected chi connectivity index (χ1v) is 11.5. The lowest BCUT2D eigenvalue weighted by molar-refractivity contribution is 0.0394. The number of nitrogens with zero attached hydrogens (tertiary/aromatic N) is 4. The summed E-state index contributed by atoms with van der Waals surface area (Å²) in [5.41, 5.74) is 1.15. The molecule has 0 bridgehead atoms. The smallest absolute Gasteiger partial charge is 0.203 e. The topological polar surface area (TPSA) is 71.0 Å². The summed E-state index contributed by atoms with van der Waals surface area (Å²) < 4.78 is 21.9. The molecule has 0 amide bonds. The summed E-state index contributed by atoms with van der Waals surface area (Å²) in [5, 5.41) is 3.46. The third kappa shape index (κ3) is 6.63. The van der Waals surface area contributed by atoms with Crippen LogP contribution in [0.25, 0.3) is 0 Å². The molecule has 2 aliphatic heterocycles. The highest BCUT2D eigenvalue weighted by Gasteiger charge is 2.21. The van der Waals surface area contributed by atoms with Crippen LogP contribution < -0.4 is 19.5 Å². The molecule has 0 atom stereocenters. The summed E-state index contributed by atoms with van der Waals surface area (Å²) in [6.07, 6.45) is 0. The fourth-order valence-electron chi connectivity index (χ4n) is 4.15. The zero-order valence-corrected chi connectivity index (χ0v) is 20.1. The van der Waals surface area contributed by atoms with Crippen molar-refractivity contribution in [1.29, 1.82) is 0 Å². The normalized spacial score (nSPS) is 18.5. The van der Waals surface area contributed by atoms with E-state index in [1.54, 1.807) is 21.3 Å². The van der Waals surface area contributed by atoms with Gasteiger partial charge >= 0.3 is 0 Å². The average Bonchev–Trinajstić information content (AvgIpc) is 2.84. The first-order chi connectivity index (χ1) is 15.7. The summed E-state index contributed by atoms with van der Waals surface area (Å²) in [6, 6.07) is 4.07. The lowest BCUT2D eigenvalue weighted by atomic mass is 10.1. The number of methoxy groups -OCH3 is 3. The summed E-state index contributed by atoms with van der Waals surface area (Å²) in [6.45, 7) is 13.2. The van der Waals surface area contributed by atoms with Gasteiger partial charge in [0.2, 0.25) is 5.75 Å². The highest BCUT2D eigenvalue weighted by molar-refractivity contribution is 5.80. The van der Waals surface area contributed by atoms with E-state index < -0.39 is 0 Å². The molecule has 0 unspecified atom stereocenters. The van der Waals surface area contributed by atoms with Crippen LogP contribution in [0.3, 0.4) is 0 Å². The molecule has 0 aromatic heterocycles. The summed E-state index contributed by atoms with van der Waals surface area (Å²) >= 11 is 0. The Kier molecular flexibility index (Phi) is 9.70. The minimum Gasteiger partial charge on any atom is -0.493 e. The van der Waals surface area contributed by atoms with Gasteiger partial charge in [-0.25, -0.2) is 0 Å². The molecule has 2 heterocycles. The Morgan fingerprint density at radius 3 is 2.16 bits per heavy atom. The van der Waals surface area contributed by atoms with Gasteiger partial charge in [-0.1, -0.05) is 0 Å². The zero-order valence-electron chi connectivity index (χ0n) is 20.1. The number of ether oxygens (including phenoxy) is 4. The molecule has 0 radical (unpaired) electrons. The molecule has 2 fully saturated rings. The quantitative estimate of drug-likeness (QED) is 0.444. The van der Waals surface area contributed by atoms with Gasteiger partial charge in [-0.15, -0.1) is 0 Å². The van der Waals surface area contributed by atoms with E-state index >= 15 is 0 Å². The van der Waals surface area contributed by atoms with Gasteiger partial charge in [0, 0.05) is 58.9 Å². The van der Waals surface area contributed by atoms with Crippen LogP contribution in [0.15, 0.2) is 17.1 Å². The predicted octanol–water partition coefficient (Wildman–Crippen LogP) is 1.13. The van der Waals surface area contributed by atoms with Crippen LogP contribution in [-0.2, 0) is 11.3 Å². The van der Waals surface area contributed by atoms with Crippen LogP contribution in [-0.4, -0.2) is 114 Å². The molecule has 0 saturated carbocycles. The maximum absolute atomic E-state index is 5.50. The second-order valence-electron chi connectivity index (χ2n) is 7.99. The minimum atomic E-state index is 0.632. The van der Waals surface area contributed by atoms with Crippen molar-refractivity contribution in [3.63, 3.8) is 0 Å². The molecule has 0 aliphatic carbocycles. The Balaban J connectivity index is 1.54. The third-order valence-corrected chi connectivity index (χ3v) is 5.92. The summed E-state index contributed by atoms with van der Waals surface area (Å²) in [4.78, 5) is 12.1. The molecule has 9 heteroatoms. The van der Waals surface area contributed by atoms with E-state index in [1.165, 1.54) is 0 Å². The minimum absolute atomic E-state index is 0.632. The largest absolute Gasteiger partial charge is 0.493 e. The predicted molar refractivity (Wildman–Crippen MR) is 126 cm³/mol. The molecule has 1 aromatic carbocycles. The molecule has 2 saturated heterocycles. The lowest BCUT2D eigenvalue weighted by Gasteiger charge is -2.36. The lowest BCUT2D eigenvalue weighted by Crippen LogP contribution is -2.52. The zero-order chi connectivity index (χ0) is 22.8. The van der Waals surface area contributed by atoms with Crippen molar-refractivity contribution >= 4 is 5.96 Å². The number of benzene rings is 1. The van der Waals surface area contributed by atoms with E-state index in [-0.39, 0.29) is 0 Å². The van der Waals surface area contributed by atoms with Crippen molar-refractivity contribution in [1.82, 2.24) is 20.0 Å². The monoisotopic (exact) mass is 449 g/mol. The van der Waals surface area contributed by atoms with Crippen LogP contribution in [0, 0.1) is 0 Å². The van der Waals surface area contributed by atoms with Gasteiger partial charge in [0.1, 0.15) is 0 Å². The first-order valence-electron chi connectivity index (χ1n) is 11.5. The molecule has 1 N–H and O–H groups in total. The van der Waals surface area contributed by atoms with Crippen molar-refractivity contribution in [3.8, 4) is 17.2 Å². The maximum atomic E-state index is 5.50. The Hall–Kier alpha value is -2.23.